The van der Waals surface area contributed by atoms with Crippen LogP contribution in [0.5, 0.6) is 0 Å². The minimum atomic E-state index is -0.421. The average molecular weight is 361 g/mol. The quantitative estimate of drug-likeness (QED) is 0.661. The summed E-state index contributed by atoms with van der Waals surface area (Å²) in [6.07, 6.45) is 6.32. The minimum Gasteiger partial charge on any atom is -0.465 e. The molecule has 0 bridgehead atoms. The zero-order valence-electron chi connectivity index (χ0n) is 14.8. The average Bonchev–Trinajstić information content (AvgIpc) is 3.20. The van der Waals surface area contributed by atoms with Gasteiger partial charge in [0, 0.05) is 30.6 Å². The fourth-order valence-electron chi connectivity index (χ4n) is 2.35. The smallest absolute Gasteiger partial charge is 0.268 e. The van der Waals surface area contributed by atoms with E-state index < -0.39 is 5.91 Å². The Bertz CT molecular complexity index is 931. The van der Waals surface area contributed by atoms with Crippen molar-refractivity contribution < 1.29 is 14.0 Å². The van der Waals surface area contributed by atoms with Crippen molar-refractivity contribution in [2.75, 3.05) is 0 Å². The van der Waals surface area contributed by atoms with E-state index in [-0.39, 0.29) is 11.6 Å². The molecule has 3 aromatic rings. The van der Waals surface area contributed by atoms with Crippen molar-refractivity contribution in [2.24, 2.45) is 0 Å². The molecule has 2 amide bonds. The Labute approximate surface area is 156 Å². The van der Waals surface area contributed by atoms with E-state index in [1.165, 1.54) is 12.3 Å². The van der Waals surface area contributed by atoms with E-state index in [9.17, 15) is 9.59 Å². The molecular weight excluding hydrogens is 342 g/mol. The van der Waals surface area contributed by atoms with Crippen molar-refractivity contribution in [3.8, 4) is 0 Å². The summed E-state index contributed by atoms with van der Waals surface area (Å²) < 4.78 is 5.26. The second-order valence-electron chi connectivity index (χ2n) is 5.94. The summed E-state index contributed by atoms with van der Waals surface area (Å²) in [4.78, 5) is 29.1. The number of carbonyl (C=O) groups is 2. The Hall–Kier alpha value is -3.67. The molecule has 6 heteroatoms. The largest absolute Gasteiger partial charge is 0.465 e. The molecule has 0 saturated heterocycles. The van der Waals surface area contributed by atoms with Crippen LogP contribution >= 0.6 is 0 Å². The van der Waals surface area contributed by atoms with Crippen LogP contribution in [0.2, 0.25) is 0 Å². The Morgan fingerprint density at radius 1 is 1.11 bits per heavy atom. The summed E-state index contributed by atoms with van der Waals surface area (Å²) >= 11 is 0. The van der Waals surface area contributed by atoms with Crippen LogP contribution in [-0.4, -0.2) is 16.8 Å². The highest BCUT2D eigenvalue weighted by Crippen LogP contribution is 2.09. The molecule has 0 aliphatic carbocycles. The molecule has 1 aromatic carbocycles. The summed E-state index contributed by atoms with van der Waals surface area (Å²) in [5.74, 6) is -0.328. The summed E-state index contributed by atoms with van der Waals surface area (Å²) in [6, 6.07) is 14.2. The molecule has 0 fully saturated rings. The van der Waals surface area contributed by atoms with Gasteiger partial charge in [0.15, 0.2) is 0 Å². The van der Waals surface area contributed by atoms with Gasteiger partial charge in [0.05, 0.1) is 6.26 Å². The molecule has 2 aromatic heterocycles. The molecular formula is C21H19N3O3. The van der Waals surface area contributed by atoms with E-state index in [4.69, 9.17) is 4.42 Å². The molecule has 0 spiro atoms. The molecule has 27 heavy (non-hydrogen) atoms. The molecule has 0 saturated carbocycles. The van der Waals surface area contributed by atoms with E-state index in [1.807, 2.05) is 25.1 Å². The third-order valence-electron chi connectivity index (χ3n) is 3.81. The lowest BCUT2D eigenvalue weighted by atomic mass is 10.1. The Morgan fingerprint density at radius 2 is 1.93 bits per heavy atom. The van der Waals surface area contributed by atoms with Crippen molar-refractivity contribution in [1.29, 1.82) is 0 Å². The maximum absolute atomic E-state index is 12.6. The lowest BCUT2D eigenvalue weighted by molar-refractivity contribution is -0.117. The number of carbonyl (C=O) groups excluding carboxylic acids is 2. The number of furan rings is 1. The van der Waals surface area contributed by atoms with Crippen LogP contribution < -0.4 is 10.6 Å². The number of aromatic nitrogens is 1. The molecule has 136 valence electrons. The summed E-state index contributed by atoms with van der Waals surface area (Å²) in [6.45, 7) is 2.23. The van der Waals surface area contributed by atoms with Gasteiger partial charge in [-0.1, -0.05) is 23.8 Å². The van der Waals surface area contributed by atoms with Gasteiger partial charge in [0.2, 0.25) is 0 Å². The molecule has 0 aliphatic rings. The van der Waals surface area contributed by atoms with Crippen molar-refractivity contribution in [1.82, 2.24) is 15.6 Å². The Balaban J connectivity index is 1.75. The molecule has 0 aliphatic heterocycles. The van der Waals surface area contributed by atoms with E-state index in [2.05, 4.69) is 15.6 Å². The summed E-state index contributed by atoms with van der Waals surface area (Å²) in [7, 11) is 0. The number of nitrogens with one attached hydrogen (secondary N) is 2. The first-order valence-electron chi connectivity index (χ1n) is 8.42. The molecule has 2 N–H and O–H groups in total. The van der Waals surface area contributed by atoms with Crippen LogP contribution in [-0.2, 0) is 11.3 Å². The fraction of sp³-hybridized carbons (Fsp3) is 0.0952. The van der Waals surface area contributed by atoms with Crippen molar-refractivity contribution >= 4 is 17.9 Å². The second kappa shape index (κ2) is 8.62. The Kier molecular flexibility index (Phi) is 5.79. The van der Waals surface area contributed by atoms with Gasteiger partial charge in [-0.05, 0) is 42.8 Å². The first-order valence-corrected chi connectivity index (χ1v) is 8.42. The van der Waals surface area contributed by atoms with E-state index in [1.54, 1.807) is 42.7 Å². The van der Waals surface area contributed by atoms with Gasteiger partial charge in [0.25, 0.3) is 11.8 Å². The summed E-state index contributed by atoms with van der Waals surface area (Å²) in [5.41, 5.74) is 2.46. The Morgan fingerprint density at radius 3 is 2.59 bits per heavy atom. The van der Waals surface area contributed by atoms with Gasteiger partial charge in [0.1, 0.15) is 11.5 Å². The van der Waals surface area contributed by atoms with Gasteiger partial charge in [-0.2, -0.15) is 0 Å². The third-order valence-corrected chi connectivity index (χ3v) is 3.81. The van der Waals surface area contributed by atoms with Crippen LogP contribution in [0, 0.1) is 6.92 Å². The van der Waals surface area contributed by atoms with Crippen LogP contribution in [0.15, 0.2) is 77.3 Å². The summed E-state index contributed by atoms with van der Waals surface area (Å²) in [5, 5.41) is 5.44. The highest BCUT2D eigenvalue weighted by molar-refractivity contribution is 6.05. The molecule has 0 unspecified atom stereocenters. The first kappa shape index (κ1) is 18.1. The molecule has 2 heterocycles. The van der Waals surface area contributed by atoms with Crippen LogP contribution in [0.3, 0.4) is 0 Å². The predicted molar refractivity (Wildman–Crippen MR) is 101 cm³/mol. The highest BCUT2D eigenvalue weighted by atomic mass is 16.3. The zero-order valence-corrected chi connectivity index (χ0v) is 14.8. The number of nitrogens with zero attached hydrogens (tertiary/aromatic N) is 1. The highest BCUT2D eigenvalue weighted by Gasteiger charge is 2.15. The molecule has 0 atom stereocenters. The number of hydrogen-bond donors (Lipinski definition) is 2. The normalized spacial score (nSPS) is 11.1. The van der Waals surface area contributed by atoms with Crippen LogP contribution in [0.1, 0.15) is 27.2 Å². The maximum Gasteiger partial charge on any atom is 0.268 e. The van der Waals surface area contributed by atoms with Crippen molar-refractivity contribution in [3.63, 3.8) is 0 Å². The number of aryl methyl sites for hydroxylation is 1. The number of benzene rings is 1. The first-order chi connectivity index (χ1) is 13.1. The minimum absolute atomic E-state index is 0.0967. The number of rotatable bonds is 6. The third kappa shape index (κ3) is 5.15. The van der Waals surface area contributed by atoms with Crippen LogP contribution in [0.25, 0.3) is 6.08 Å². The standard InChI is InChI=1S/C21H19N3O3/c1-15-6-8-17(9-7-15)20(25)24-19(12-18-5-3-11-27-18)21(26)23-14-16-4-2-10-22-13-16/h2-13H,14H2,1H3,(H,23,26)(H,24,25)/b19-12-. The monoisotopic (exact) mass is 361 g/mol. The van der Waals surface area contributed by atoms with Gasteiger partial charge in [-0.15, -0.1) is 0 Å². The lowest BCUT2D eigenvalue weighted by Gasteiger charge is -2.11. The maximum atomic E-state index is 12.6. The van der Waals surface area contributed by atoms with Crippen LogP contribution in [0.4, 0.5) is 0 Å². The zero-order chi connectivity index (χ0) is 19.1. The topological polar surface area (TPSA) is 84.2 Å². The van der Waals surface area contributed by atoms with Crippen molar-refractivity contribution in [3.05, 3.63) is 95.3 Å². The number of pyridine rings is 1. The predicted octanol–water partition coefficient (Wildman–Crippen LogP) is 3.07. The molecule has 0 radical (unpaired) electrons. The van der Waals surface area contributed by atoms with Crippen molar-refractivity contribution in [2.45, 2.75) is 13.5 Å². The number of hydrogen-bond acceptors (Lipinski definition) is 4. The van der Waals surface area contributed by atoms with Gasteiger partial charge in [-0.3, -0.25) is 14.6 Å². The van der Waals surface area contributed by atoms with E-state index in [0.29, 0.717) is 17.9 Å². The molecule has 6 nitrogen and oxygen atoms in total. The van der Waals surface area contributed by atoms with E-state index in [0.717, 1.165) is 11.1 Å². The number of amides is 2. The van der Waals surface area contributed by atoms with Gasteiger partial charge >= 0.3 is 0 Å². The fourth-order valence-corrected chi connectivity index (χ4v) is 2.35. The SMILES string of the molecule is Cc1ccc(C(=O)N/C(=C\c2ccco2)C(=O)NCc2cccnc2)cc1. The van der Waals surface area contributed by atoms with Gasteiger partial charge in [-0.25, -0.2) is 0 Å². The lowest BCUT2D eigenvalue weighted by Crippen LogP contribution is -2.34. The van der Waals surface area contributed by atoms with E-state index >= 15 is 0 Å². The second-order valence-corrected chi connectivity index (χ2v) is 5.94. The molecule has 3 rings (SSSR count). The van der Waals surface area contributed by atoms with Gasteiger partial charge < -0.3 is 15.1 Å².